The van der Waals surface area contributed by atoms with E-state index < -0.39 is 17.9 Å². The summed E-state index contributed by atoms with van der Waals surface area (Å²) in [7, 11) is 1.24. The Hall–Kier alpha value is -2.71. The van der Waals surface area contributed by atoms with Crippen LogP contribution in [0.4, 0.5) is 0 Å². The predicted molar refractivity (Wildman–Crippen MR) is 90.2 cm³/mol. The van der Waals surface area contributed by atoms with E-state index in [1.165, 1.54) is 7.11 Å². The van der Waals surface area contributed by atoms with Crippen molar-refractivity contribution in [3.05, 3.63) is 57.4 Å². The molecule has 5 nitrogen and oxygen atoms in total. The number of halogens is 1. The lowest BCUT2D eigenvalue weighted by molar-refractivity contribution is -0.136. The summed E-state index contributed by atoms with van der Waals surface area (Å²) in [5.74, 6) is 2.85. The molecule has 1 heterocycles. The van der Waals surface area contributed by atoms with E-state index in [0.29, 0.717) is 22.0 Å². The molecule has 2 N–H and O–H groups in total. The molecule has 0 saturated carbocycles. The highest BCUT2D eigenvalue weighted by molar-refractivity contribution is 6.31. The number of carbonyl (C=O) groups is 2. The van der Waals surface area contributed by atoms with Crippen LogP contribution >= 0.6 is 11.6 Å². The number of benzene rings is 1. The molecular formula is C18H16ClNO4. The smallest absolute Gasteiger partial charge is 0.337 e. The van der Waals surface area contributed by atoms with E-state index in [4.69, 9.17) is 16.3 Å². The highest BCUT2D eigenvalue weighted by Crippen LogP contribution is 2.41. The Bertz CT molecular complexity index is 827. The lowest BCUT2D eigenvalue weighted by Crippen LogP contribution is -2.32. The molecule has 1 aliphatic heterocycles. The second-order valence-corrected chi connectivity index (χ2v) is 5.49. The van der Waals surface area contributed by atoms with Gasteiger partial charge in [-0.2, -0.15) is 0 Å². The predicted octanol–water partition coefficient (Wildman–Crippen LogP) is 2.84. The molecule has 1 atom stereocenters. The maximum absolute atomic E-state index is 12.4. The van der Waals surface area contributed by atoms with Gasteiger partial charge >= 0.3 is 11.9 Å². The molecule has 1 unspecified atom stereocenters. The molecule has 24 heavy (non-hydrogen) atoms. The van der Waals surface area contributed by atoms with Crippen LogP contribution in [0.25, 0.3) is 0 Å². The average Bonchev–Trinajstić information content (AvgIpc) is 2.54. The Morgan fingerprint density at radius 3 is 2.50 bits per heavy atom. The first-order chi connectivity index (χ1) is 11.4. The van der Waals surface area contributed by atoms with Crippen molar-refractivity contribution < 1.29 is 19.4 Å². The number of nitrogens with one attached hydrogen (secondary N) is 1. The van der Waals surface area contributed by atoms with E-state index >= 15 is 0 Å². The molecule has 1 aliphatic rings. The number of methoxy groups -OCH3 is 1. The van der Waals surface area contributed by atoms with Gasteiger partial charge in [0.25, 0.3) is 0 Å². The SMILES string of the molecule is CC#CC1=C(C(=O)OC)C(c2ccccc2Cl)C(C(=O)O)=C(C)N1. The minimum atomic E-state index is -1.14. The van der Waals surface area contributed by atoms with Gasteiger partial charge in [0, 0.05) is 10.7 Å². The number of rotatable bonds is 3. The van der Waals surface area contributed by atoms with Crippen LogP contribution in [0.15, 0.2) is 46.8 Å². The van der Waals surface area contributed by atoms with Crippen LogP contribution < -0.4 is 5.32 Å². The summed E-state index contributed by atoms with van der Waals surface area (Å²) in [4.78, 5) is 24.2. The molecule has 0 aliphatic carbocycles. The Kier molecular flexibility index (Phi) is 5.32. The molecule has 1 aromatic carbocycles. The summed E-state index contributed by atoms with van der Waals surface area (Å²) in [5, 5.41) is 12.9. The van der Waals surface area contributed by atoms with Gasteiger partial charge in [-0.25, -0.2) is 9.59 Å². The van der Waals surface area contributed by atoms with Crippen molar-refractivity contribution in [2.24, 2.45) is 0 Å². The molecule has 0 saturated heterocycles. The molecule has 0 amide bonds. The van der Waals surface area contributed by atoms with Gasteiger partial charge in [-0.15, -0.1) is 0 Å². The second kappa shape index (κ2) is 7.24. The van der Waals surface area contributed by atoms with E-state index in [0.717, 1.165) is 0 Å². The van der Waals surface area contributed by atoms with Gasteiger partial charge in [0.2, 0.25) is 0 Å². The molecule has 0 bridgehead atoms. The third-order valence-corrected chi connectivity index (χ3v) is 4.01. The maximum Gasteiger partial charge on any atom is 0.337 e. The van der Waals surface area contributed by atoms with Crippen molar-refractivity contribution >= 4 is 23.5 Å². The maximum atomic E-state index is 12.4. The number of hydrogen-bond acceptors (Lipinski definition) is 4. The molecule has 124 valence electrons. The molecule has 0 radical (unpaired) electrons. The number of hydrogen-bond donors (Lipinski definition) is 2. The van der Waals surface area contributed by atoms with Gasteiger partial charge in [-0.3, -0.25) is 0 Å². The molecular weight excluding hydrogens is 330 g/mol. The van der Waals surface area contributed by atoms with Crippen molar-refractivity contribution in [2.75, 3.05) is 7.11 Å². The zero-order chi connectivity index (χ0) is 17.9. The normalized spacial score (nSPS) is 16.9. The summed E-state index contributed by atoms with van der Waals surface area (Å²) in [6.07, 6.45) is 0. The highest BCUT2D eigenvalue weighted by Gasteiger charge is 2.38. The van der Waals surface area contributed by atoms with Crippen LogP contribution in [0, 0.1) is 11.8 Å². The molecule has 6 heteroatoms. The fourth-order valence-corrected chi connectivity index (χ4v) is 2.93. The van der Waals surface area contributed by atoms with Gasteiger partial charge in [0.1, 0.15) is 5.70 Å². The van der Waals surface area contributed by atoms with Crippen LogP contribution in [-0.4, -0.2) is 24.2 Å². The van der Waals surface area contributed by atoms with E-state index in [-0.39, 0.29) is 11.1 Å². The summed E-state index contributed by atoms with van der Waals surface area (Å²) >= 11 is 6.27. The van der Waals surface area contributed by atoms with Crippen LogP contribution in [-0.2, 0) is 14.3 Å². The van der Waals surface area contributed by atoms with Crippen molar-refractivity contribution in [1.29, 1.82) is 0 Å². The van der Waals surface area contributed by atoms with E-state index in [1.54, 1.807) is 38.1 Å². The molecule has 0 aromatic heterocycles. The lowest BCUT2D eigenvalue weighted by atomic mass is 9.80. The summed E-state index contributed by atoms with van der Waals surface area (Å²) in [6.45, 7) is 3.25. The largest absolute Gasteiger partial charge is 0.478 e. The summed E-state index contributed by atoms with van der Waals surface area (Å²) in [5.41, 5.74) is 1.39. The summed E-state index contributed by atoms with van der Waals surface area (Å²) in [6, 6.07) is 6.80. The van der Waals surface area contributed by atoms with Crippen molar-refractivity contribution in [3.63, 3.8) is 0 Å². The topological polar surface area (TPSA) is 75.6 Å². The number of dihydropyridines is 1. The zero-order valence-electron chi connectivity index (χ0n) is 13.4. The summed E-state index contributed by atoms with van der Waals surface area (Å²) < 4.78 is 4.86. The number of allylic oxidation sites excluding steroid dienone is 2. The number of aliphatic carboxylic acids is 1. The van der Waals surface area contributed by atoms with Crippen LogP contribution in [0.1, 0.15) is 25.3 Å². The van der Waals surface area contributed by atoms with Gasteiger partial charge in [0.15, 0.2) is 0 Å². The zero-order valence-corrected chi connectivity index (χ0v) is 14.2. The third-order valence-electron chi connectivity index (χ3n) is 3.67. The number of carboxylic acid groups (broad SMARTS) is 1. The van der Waals surface area contributed by atoms with Crippen LogP contribution in [0.5, 0.6) is 0 Å². The second-order valence-electron chi connectivity index (χ2n) is 5.08. The molecule has 1 aromatic rings. The van der Waals surface area contributed by atoms with Gasteiger partial charge in [0.05, 0.1) is 24.2 Å². The van der Waals surface area contributed by atoms with E-state index in [2.05, 4.69) is 17.2 Å². The first kappa shape index (κ1) is 17.6. The van der Waals surface area contributed by atoms with Gasteiger partial charge in [-0.05, 0) is 31.4 Å². The van der Waals surface area contributed by atoms with Gasteiger partial charge in [-0.1, -0.05) is 35.7 Å². The number of ether oxygens (including phenoxy) is 1. The van der Waals surface area contributed by atoms with Crippen molar-refractivity contribution in [2.45, 2.75) is 19.8 Å². The first-order valence-electron chi connectivity index (χ1n) is 7.13. The van der Waals surface area contributed by atoms with E-state index in [9.17, 15) is 14.7 Å². The third kappa shape index (κ3) is 3.15. The average molecular weight is 346 g/mol. The first-order valence-corrected chi connectivity index (χ1v) is 7.50. The van der Waals surface area contributed by atoms with Crippen molar-refractivity contribution in [1.82, 2.24) is 5.32 Å². The number of carbonyl (C=O) groups excluding carboxylic acids is 1. The number of esters is 1. The molecule has 2 rings (SSSR count). The number of carboxylic acids is 1. The minimum absolute atomic E-state index is 0.0325. The Labute approximate surface area is 145 Å². The Balaban J connectivity index is 2.82. The molecule has 0 spiro atoms. The fraction of sp³-hybridized carbons (Fsp3) is 0.222. The van der Waals surface area contributed by atoms with Gasteiger partial charge < -0.3 is 15.2 Å². The molecule has 0 fully saturated rings. The van der Waals surface area contributed by atoms with Crippen LogP contribution in [0.2, 0.25) is 5.02 Å². The standard InChI is InChI=1S/C18H16ClNO4/c1-4-7-13-16(18(23)24-3)15(11-8-5-6-9-12(11)19)14(17(21)22)10(2)20-13/h5-6,8-9,15,20H,1-3H3,(H,21,22). The van der Waals surface area contributed by atoms with Crippen molar-refractivity contribution in [3.8, 4) is 11.8 Å². The Morgan fingerprint density at radius 2 is 1.96 bits per heavy atom. The van der Waals surface area contributed by atoms with E-state index in [1.807, 2.05) is 0 Å². The minimum Gasteiger partial charge on any atom is -0.478 e. The monoisotopic (exact) mass is 345 g/mol. The van der Waals surface area contributed by atoms with Crippen LogP contribution in [0.3, 0.4) is 0 Å². The quantitative estimate of drug-likeness (QED) is 0.651. The Morgan fingerprint density at radius 1 is 1.29 bits per heavy atom. The fourth-order valence-electron chi connectivity index (χ4n) is 2.68. The lowest BCUT2D eigenvalue weighted by Gasteiger charge is -2.29. The highest BCUT2D eigenvalue weighted by atomic mass is 35.5.